The van der Waals surface area contributed by atoms with Gasteiger partial charge >= 0.3 is 0 Å². The Hall–Kier alpha value is -0.770. The van der Waals surface area contributed by atoms with Crippen LogP contribution in [0.4, 0.5) is 0 Å². The predicted molar refractivity (Wildman–Crippen MR) is 64.0 cm³/mol. The quantitative estimate of drug-likeness (QED) is 0.461. The third-order valence-electron chi connectivity index (χ3n) is 1.65. The zero-order valence-electron chi connectivity index (χ0n) is 10.3. The van der Waals surface area contributed by atoms with E-state index in [0.29, 0.717) is 0 Å². The van der Waals surface area contributed by atoms with Crippen molar-refractivity contribution in [2.75, 3.05) is 0 Å². The molecule has 0 radical (unpaired) electrons. The summed E-state index contributed by atoms with van der Waals surface area (Å²) >= 11 is 0. The van der Waals surface area contributed by atoms with Crippen LogP contribution >= 0.6 is 0 Å². The summed E-state index contributed by atoms with van der Waals surface area (Å²) in [6.45, 7) is 12.4. The molecule has 0 unspecified atom stereocenters. The Morgan fingerprint density at radius 1 is 1.36 bits per heavy atom. The van der Waals surface area contributed by atoms with Crippen LogP contribution < -0.4 is 0 Å². The largest absolute Gasteiger partial charge is 0.198 e. The molecular weight excluding hydrogens is 170 g/mol. The monoisotopic (exact) mass is 195 g/mol. The fourth-order valence-electron chi connectivity index (χ4n) is 1.15. The summed E-state index contributed by atoms with van der Waals surface area (Å²) < 4.78 is 0. The zero-order chi connectivity index (χ0) is 11.4. The topological polar surface area (TPSA) is 23.8 Å². The minimum Gasteiger partial charge on any atom is -0.198 e. The number of nitriles is 1. The molecule has 0 aromatic carbocycles. The number of nitrogens with zero attached hydrogens (tertiary/aromatic N) is 1. The van der Waals surface area contributed by atoms with Crippen molar-refractivity contribution in [3.63, 3.8) is 0 Å². The lowest BCUT2D eigenvalue weighted by Gasteiger charge is -1.99. The number of hydrogen-bond acceptors (Lipinski definition) is 1. The minimum absolute atomic E-state index is 0.730. The fourth-order valence-corrected chi connectivity index (χ4v) is 1.15. The van der Waals surface area contributed by atoms with Crippen molar-refractivity contribution in [1.29, 1.82) is 5.26 Å². The van der Waals surface area contributed by atoms with Crippen molar-refractivity contribution >= 4 is 0 Å². The van der Waals surface area contributed by atoms with E-state index in [1.807, 2.05) is 0 Å². The lowest BCUT2D eigenvalue weighted by molar-refractivity contribution is 0.644. The summed E-state index contributed by atoms with van der Waals surface area (Å²) in [6.07, 6.45) is 5.38. The van der Waals surface area contributed by atoms with Gasteiger partial charge in [-0.05, 0) is 25.7 Å². The molecule has 0 aromatic heterocycles. The molecule has 0 bridgehead atoms. The molecule has 0 aliphatic carbocycles. The third-order valence-corrected chi connectivity index (χ3v) is 1.65. The van der Waals surface area contributed by atoms with Crippen molar-refractivity contribution < 1.29 is 0 Å². The average Bonchev–Trinajstić information content (AvgIpc) is 2.04. The molecule has 0 spiro atoms. The van der Waals surface area contributed by atoms with Gasteiger partial charge in [-0.25, -0.2) is 0 Å². The molecular formula is C13H25N. The van der Waals surface area contributed by atoms with Crippen LogP contribution in [-0.4, -0.2) is 0 Å². The van der Waals surface area contributed by atoms with Crippen LogP contribution in [0.3, 0.4) is 0 Å². The van der Waals surface area contributed by atoms with Crippen molar-refractivity contribution in [3.8, 4) is 6.07 Å². The Labute approximate surface area is 89.8 Å². The Bertz CT molecular complexity index is 163. The molecule has 0 heterocycles. The van der Waals surface area contributed by atoms with Crippen LogP contribution in [0.5, 0.6) is 0 Å². The maximum absolute atomic E-state index is 8.04. The van der Waals surface area contributed by atoms with Gasteiger partial charge in [0.1, 0.15) is 0 Å². The second-order valence-electron chi connectivity index (χ2n) is 4.17. The first-order valence-corrected chi connectivity index (χ1v) is 5.55. The first-order valence-electron chi connectivity index (χ1n) is 5.55. The highest BCUT2D eigenvalue weighted by atomic mass is 14.2. The van der Waals surface area contributed by atoms with Crippen molar-refractivity contribution in [3.05, 3.63) is 12.2 Å². The van der Waals surface area contributed by atoms with Gasteiger partial charge in [-0.2, -0.15) is 5.26 Å². The first kappa shape index (κ1) is 15.7. The van der Waals surface area contributed by atoms with Gasteiger partial charge in [0, 0.05) is 6.42 Å². The van der Waals surface area contributed by atoms with Gasteiger partial charge in [-0.1, -0.05) is 39.2 Å². The average molecular weight is 195 g/mol. The van der Waals surface area contributed by atoms with Crippen LogP contribution in [0.1, 0.15) is 59.8 Å². The first-order chi connectivity index (χ1) is 6.54. The van der Waals surface area contributed by atoms with Gasteiger partial charge in [-0.3, -0.25) is 0 Å². The maximum Gasteiger partial charge on any atom is 0.0621 e. The second-order valence-corrected chi connectivity index (χ2v) is 4.17. The van der Waals surface area contributed by atoms with Crippen LogP contribution in [0.25, 0.3) is 0 Å². The number of unbranched alkanes of at least 4 members (excludes halogenated alkanes) is 3. The van der Waals surface area contributed by atoms with Crippen LogP contribution in [-0.2, 0) is 0 Å². The maximum atomic E-state index is 8.04. The van der Waals surface area contributed by atoms with Crippen molar-refractivity contribution in [2.24, 2.45) is 5.92 Å². The van der Waals surface area contributed by atoms with Gasteiger partial charge in [0.25, 0.3) is 0 Å². The number of rotatable bonds is 5. The van der Waals surface area contributed by atoms with E-state index in [1.165, 1.54) is 24.8 Å². The molecule has 82 valence electrons. The molecule has 0 fully saturated rings. The van der Waals surface area contributed by atoms with Gasteiger partial charge in [0.2, 0.25) is 0 Å². The smallest absolute Gasteiger partial charge is 0.0621 e. The van der Waals surface area contributed by atoms with Gasteiger partial charge < -0.3 is 0 Å². The van der Waals surface area contributed by atoms with E-state index in [2.05, 4.69) is 40.3 Å². The van der Waals surface area contributed by atoms with E-state index in [0.717, 1.165) is 18.8 Å². The fraction of sp³-hybridized carbons (Fsp3) is 0.769. The highest BCUT2D eigenvalue weighted by molar-refractivity contribution is 4.88. The standard InChI is InChI=1S/C7H14.C6H11N/c1-6(2)5-7(3)4;1-2-3-4-5-6-7/h7H,1,5H2,2-4H3;2-5H2,1H3. The summed E-state index contributed by atoms with van der Waals surface area (Å²) in [4.78, 5) is 0. The summed E-state index contributed by atoms with van der Waals surface area (Å²) in [7, 11) is 0. The van der Waals surface area contributed by atoms with E-state index in [4.69, 9.17) is 5.26 Å². The number of allylic oxidation sites excluding steroid dienone is 1. The molecule has 1 heteroatoms. The highest BCUT2D eigenvalue weighted by Crippen LogP contribution is 2.05. The molecule has 14 heavy (non-hydrogen) atoms. The third kappa shape index (κ3) is 22.5. The Morgan fingerprint density at radius 3 is 2.14 bits per heavy atom. The Kier molecular flexibility index (Phi) is 13.7. The highest BCUT2D eigenvalue weighted by Gasteiger charge is 1.90. The van der Waals surface area contributed by atoms with Crippen molar-refractivity contribution in [2.45, 2.75) is 59.8 Å². The van der Waals surface area contributed by atoms with E-state index in [-0.39, 0.29) is 0 Å². The van der Waals surface area contributed by atoms with Crippen LogP contribution in [0.2, 0.25) is 0 Å². The molecule has 0 aliphatic rings. The molecule has 0 rings (SSSR count). The summed E-state index contributed by atoms with van der Waals surface area (Å²) in [5.41, 5.74) is 1.29. The van der Waals surface area contributed by atoms with E-state index in [1.54, 1.807) is 0 Å². The van der Waals surface area contributed by atoms with Gasteiger partial charge in [0.05, 0.1) is 6.07 Å². The lowest BCUT2D eigenvalue weighted by atomic mass is 10.1. The van der Waals surface area contributed by atoms with Crippen LogP contribution in [0.15, 0.2) is 12.2 Å². The number of hydrogen-bond donors (Lipinski definition) is 0. The van der Waals surface area contributed by atoms with Crippen LogP contribution in [0, 0.1) is 17.2 Å². The lowest BCUT2D eigenvalue weighted by Crippen LogP contribution is -1.84. The summed E-state index contributed by atoms with van der Waals surface area (Å²) in [6, 6.07) is 2.10. The molecule has 0 aliphatic heterocycles. The van der Waals surface area contributed by atoms with E-state index >= 15 is 0 Å². The molecule has 0 atom stereocenters. The van der Waals surface area contributed by atoms with E-state index in [9.17, 15) is 0 Å². The minimum atomic E-state index is 0.730. The molecule has 1 nitrogen and oxygen atoms in total. The second kappa shape index (κ2) is 12.2. The molecule has 0 saturated carbocycles. The normalized spacial score (nSPS) is 8.86. The molecule has 0 aromatic rings. The van der Waals surface area contributed by atoms with Crippen molar-refractivity contribution in [1.82, 2.24) is 0 Å². The van der Waals surface area contributed by atoms with Gasteiger partial charge in [-0.15, -0.1) is 6.58 Å². The molecule has 0 amide bonds. The Balaban J connectivity index is 0. The molecule has 0 saturated heterocycles. The summed E-state index contributed by atoms with van der Waals surface area (Å²) in [5, 5.41) is 8.04. The SMILES string of the molecule is C=C(C)CC(C)C.CCCCCC#N. The zero-order valence-corrected chi connectivity index (χ0v) is 10.3. The Morgan fingerprint density at radius 2 is 1.93 bits per heavy atom. The predicted octanol–water partition coefficient (Wildman–Crippen LogP) is 4.70. The van der Waals surface area contributed by atoms with Gasteiger partial charge in [0.15, 0.2) is 0 Å². The van der Waals surface area contributed by atoms with E-state index < -0.39 is 0 Å². The molecule has 0 N–H and O–H groups in total. The summed E-state index contributed by atoms with van der Waals surface area (Å²) in [5.74, 6) is 0.775.